The van der Waals surface area contributed by atoms with Crippen LogP contribution < -0.4 is 14.8 Å². The Kier molecular flexibility index (Phi) is 8.05. The molecule has 3 rings (SSSR count). The Labute approximate surface area is 198 Å². The third kappa shape index (κ3) is 7.28. The summed E-state index contributed by atoms with van der Waals surface area (Å²) in [6, 6.07) is 14.4. The van der Waals surface area contributed by atoms with Crippen LogP contribution in [-0.2, 0) is 17.9 Å². The number of alkyl carbamates (subject to hydrolysis) is 1. The van der Waals surface area contributed by atoms with Gasteiger partial charge < -0.3 is 19.5 Å². The molecule has 31 heavy (non-hydrogen) atoms. The van der Waals surface area contributed by atoms with E-state index in [1.807, 2.05) is 57.2 Å². The molecule has 1 aliphatic heterocycles. The summed E-state index contributed by atoms with van der Waals surface area (Å²) in [5.74, 6) is 1.50. The summed E-state index contributed by atoms with van der Waals surface area (Å²) in [5, 5.41) is 2.98. The van der Waals surface area contributed by atoms with E-state index >= 15 is 0 Å². The van der Waals surface area contributed by atoms with Gasteiger partial charge in [0.25, 0.3) is 0 Å². The van der Waals surface area contributed by atoms with E-state index in [0.717, 1.165) is 52.3 Å². The highest BCUT2D eigenvalue weighted by Gasteiger charge is 2.26. The lowest BCUT2D eigenvalue weighted by Gasteiger charge is -2.22. The third-order valence-electron chi connectivity index (χ3n) is 4.91. The van der Waals surface area contributed by atoms with Crippen LogP contribution in [0.4, 0.5) is 4.79 Å². The zero-order valence-corrected chi connectivity index (χ0v) is 20.8. The van der Waals surface area contributed by atoms with Crippen molar-refractivity contribution in [1.29, 1.82) is 0 Å². The maximum Gasteiger partial charge on any atom is 0.407 e. The van der Waals surface area contributed by atoms with Gasteiger partial charge in [0.2, 0.25) is 0 Å². The third-order valence-corrected chi connectivity index (χ3v) is 5.72. The standard InChI is InChI=1S/C24H31IN2O4/c1-24(2,3)31-23(28)26-19-10-11-27(15-19)14-18-12-20(25)22(21(13-18)29-4)30-16-17-8-6-5-7-9-17/h5-9,12-13,19H,10-11,14-16H2,1-4H3,(H,26,28). The van der Waals surface area contributed by atoms with E-state index in [2.05, 4.69) is 38.9 Å². The molecule has 1 amide bonds. The van der Waals surface area contributed by atoms with Crippen molar-refractivity contribution in [2.45, 2.75) is 52.0 Å². The van der Waals surface area contributed by atoms with Crippen LogP contribution in [0.5, 0.6) is 11.5 Å². The van der Waals surface area contributed by atoms with Gasteiger partial charge in [-0.15, -0.1) is 0 Å². The molecule has 0 bridgehead atoms. The van der Waals surface area contributed by atoms with E-state index in [9.17, 15) is 4.79 Å². The number of rotatable bonds is 7. The van der Waals surface area contributed by atoms with Gasteiger partial charge in [0, 0.05) is 25.7 Å². The van der Waals surface area contributed by atoms with Gasteiger partial charge in [0.1, 0.15) is 12.2 Å². The minimum atomic E-state index is -0.486. The summed E-state index contributed by atoms with van der Waals surface area (Å²) < 4.78 is 18.1. The number of hydrogen-bond acceptors (Lipinski definition) is 5. The molecule has 168 valence electrons. The number of nitrogens with zero attached hydrogens (tertiary/aromatic N) is 1. The molecule has 1 unspecified atom stereocenters. The Morgan fingerprint density at radius 2 is 1.94 bits per heavy atom. The maximum absolute atomic E-state index is 12.0. The van der Waals surface area contributed by atoms with Crippen molar-refractivity contribution in [3.05, 3.63) is 57.2 Å². The Hall–Kier alpha value is -2.00. The normalized spacial score (nSPS) is 16.7. The van der Waals surface area contributed by atoms with E-state index < -0.39 is 5.60 Å². The Bertz CT molecular complexity index is 883. The summed E-state index contributed by atoms with van der Waals surface area (Å²) in [7, 11) is 1.67. The monoisotopic (exact) mass is 538 g/mol. The predicted molar refractivity (Wildman–Crippen MR) is 130 cm³/mol. The molecule has 1 heterocycles. The molecule has 1 saturated heterocycles. The largest absolute Gasteiger partial charge is 0.493 e. The van der Waals surface area contributed by atoms with E-state index in [1.165, 1.54) is 0 Å². The molecule has 0 aromatic heterocycles. The van der Waals surface area contributed by atoms with E-state index in [-0.39, 0.29) is 12.1 Å². The highest BCUT2D eigenvalue weighted by molar-refractivity contribution is 14.1. The summed E-state index contributed by atoms with van der Waals surface area (Å²) >= 11 is 2.30. The molecule has 1 aliphatic rings. The first-order valence-electron chi connectivity index (χ1n) is 10.5. The van der Waals surface area contributed by atoms with Crippen molar-refractivity contribution < 1.29 is 19.0 Å². The molecule has 0 radical (unpaired) electrons. The number of hydrogen-bond donors (Lipinski definition) is 1. The average Bonchev–Trinajstić information content (AvgIpc) is 3.12. The maximum atomic E-state index is 12.0. The smallest absolute Gasteiger partial charge is 0.407 e. The molecular weight excluding hydrogens is 507 g/mol. The van der Waals surface area contributed by atoms with Crippen LogP contribution in [0.15, 0.2) is 42.5 Å². The van der Waals surface area contributed by atoms with Gasteiger partial charge in [0.05, 0.1) is 10.7 Å². The highest BCUT2D eigenvalue weighted by Crippen LogP contribution is 2.35. The number of halogens is 1. The zero-order chi connectivity index (χ0) is 22.4. The van der Waals surface area contributed by atoms with Crippen LogP contribution in [0.25, 0.3) is 0 Å². The summed E-state index contributed by atoms with van der Waals surface area (Å²) in [5.41, 5.74) is 1.79. The topological polar surface area (TPSA) is 60.0 Å². The zero-order valence-electron chi connectivity index (χ0n) is 18.6. The number of carbonyl (C=O) groups excluding carboxylic acids is 1. The van der Waals surface area contributed by atoms with Crippen LogP contribution in [0, 0.1) is 3.57 Å². The average molecular weight is 538 g/mol. The van der Waals surface area contributed by atoms with Crippen molar-refractivity contribution in [3.8, 4) is 11.5 Å². The molecule has 7 heteroatoms. The van der Waals surface area contributed by atoms with Crippen molar-refractivity contribution in [3.63, 3.8) is 0 Å². The van der Waals surface area contributed by atoms with Crippen molar-refractivity contribution >= 4 is 28.7 Å². The predicted octanol–water partition coefficient (Wildman–Crippen LogP) is 4.98. The Balaban J connectivity index is 1.58. The highest BCUT2D eigenvalue weighted by atomic mass is 127. The van der Waals surface area contributed by atoms with Gasteiger partial charge in [-0.2, -0.15) is 0 Å². The van der Waals surface area contributed by atoms with Gasteiger partial charge in [-0.05, 0) is 73.0 Å². The van der Waals surface area contributed by atoms with Crippen molar-refractivity contribution in [1.82, 2.24) is 10.2 Å². The Morgan fingerprint density at radius 1 is 1.19 bits per heavy atom. The number of carbonyl (C=O) groups is 1. The van der Waals surface area contributed by atoms with Gasteiger partial charge in [0.15, 0.2) is 11.5 Å². The Morgan fingerprint density at radius 3 is 2.61 bits per heavy atom. The number of amides is 1. The second-order valence-electron chi connectivity index (χ2n) is 8.75. The first-order valence-corrected chi connectivity index (χ1v) is 11.6. The molecular formula is C24H31IN2O4. The first-order chi connectivity index (χ1) is 14.7. The van der Waals surface area contributed by atoms with Crippen LogP contribution in [0.2, 0.25) is 0 Å². The molecule has 2 aromatic rings. The molecule has 2 aromatic carbocycles. The minimum Gasteiger partial charge on any atom is -0.493 e. The van der Waals surface area contributed by atoms with Crippen LogP contribution in [0.3, 0.4) is 0 Å². The quantitative estimate of drug-likeness (QED) is 0.505. The van der Waals surface area contributed by atoms with Crippen LogP contribution in [-0.4, -0.2) is 42.8 Å². The summed E-state index contributed by atoms with van der Waals surface area (Å²) in [6.07, 6.45) is 0.557. The summed E-state index contributed by atoms with van der Waals surface area (Å²) in [4.78, 5) is 14.4. The number of benzene rings is 2. The van der Waals surface area contributed by atoms with E-state index in [1.54, 1.807) is 7.11 Å². The molecule has 1 fully saturated rings. The molecule has 6 nitrogen and oxygen atoms in total. The number of nitrogens with one attached hydrogen (secondary N) is 1. The summed E-state index contributed by atoms with van der Waals surface area (Å²) in [6.45, 7) is 8.62. The second kappa shape index (κ2) is 10.5. The number of methoxy groups -OCH3 is 1. The van der Waals surface area contributed by atoms with E-state index in [0.29, 0.717) is 6.61 Å². The number of ether oxygens (including phenoxy) is 3. The minimum absolute atomic E-state index is 0.101. The fraction of sp³-hybridized carbons (Fsp3) is 0.458. The lowest BCUT2D eigenvalue weighted by atomic mass is 10.2. The fourth-order valence-electron chi connectivity index (χ4n) is 3.56. The van der Waals surface area contributed by atoms with Gasteiger partial charge in [-0.25, -0.2) is 4.79 Å². The van der Waals surface area contributed by atoms with Gasteiger partial charge >= 0.3 is 6.09 Å². The SMILES string of the molecule is COc1cc(CN2CCC(NC(=O)OC(C)(C)C)C2)cc(I)c1OCc1ccccc1. The lowest BCUT2D eigenvalue weighted by molar-refractivity contribution is 0.0505. The van der Waals surface area contributed by atoms with Crippen LogP contribution in [0.1, 0.15) is 38.3 Å². The van der Waals surface area contributed by atoms with Crippen molar-refractivity contribution in [2.24, 2.45) is 0 Å². The van der Waals surface area contributed by atoms with Crippen molar-refractivity contribution in [2.75, 3.05) is 20.2 Å². The molecule has 0 spiro atoms. The molecule has 1 N–H and O–H groups in total. The van der Waals surface area contributed by atoms with Gasteiger partial charge in [-0.1, -0.05) is 30.3 Å². The lowest BCUT2D eigenvalue weighted by Crippen LogP contribution is -2.40. The molecule has 0 aliphatic carbocycles. The first kappa shape index (κ1) is 23.7. The molecule has 0 saturated carbocycles. The molecule has 1 atom stereocenters. The fourth-order valence-corrected chi connectivity index (χ4v) is 4.38. The number of likely N-dealkylation sites (tertiary alicyclic amines) is 1. The van der Waals surface area contributed by atoms with Gasteiger partial charge in [-0.3, -0.25) is 4.90 Å². The second-order valence-corrected chi connectivity index (χ2v) is 9.91. The van der Waals surface area contributed by atoms with Crippen LogP contribution >= 0.6 is 22.6 Å². The van der Waals surface area contributed by atoms with E-state index in [4.69, 9.17) is 14.2 Å².